The second kappa shape index (κ2) is 5.01. The van der Waals surface area contributed by atoms with Crippen molar-refractivity contribution in [2.45, 2.75) is 38.5 Å². The van der Waals surface area contributed by atoms with Crippen LogP contribution < -0.4 is 5.32 Å². The van der Waals surface area contributed by atoms with Crippen LogP contribution >= 0.6 is 0 Å². The van der Waals surface area contributed by atoms with Gasteiger partial charge in [-0.3, -0.25) is 4.79 Å². The summed E-state index contributed by atoms with van der Waals surface area (Å²) in [6.07, 6.45) is -3.15. The van der Waals surface area contributed by atoms with Gasteiger partial charge in [-0.05, 0) is 12.8 Å². The Kier molecular flexibility index (Phi) is 3.43. The summed E-state index contributed by atoms with van der Waals surface area (Å²) in [5.74, 6) is -0.0680. The average molecular weight is 304 g/mol. The summed E-state index contributed by atoms with van der Waals surface area (Å²) in [7, 11) is 0. The van der Waals surface area contributed by atoms with E-state index in [9.17, 15) is 18.0 Å². The smallest absolute Gasteiger partial charge is 0.376 e. The summed E-state index contributed by atoms with van der Waals surface area (Å²) in [5, 5.41) is 6.00. The summed E-state index contributed by atoms with van der Waals surface area (Å²) in [4.78, 5) is 12.0. The van der Waals surface area contributed by atoms with Gasteiger partial charge in [-0.25, -0.2) is 0 Å². The number of halogens is 3. The van der Waals surface area contributed by atoms with E-state index >= 15 is 0 Å². The van der Waals surface area contributed by atoms with Crippen LogP contribution in [0.15, 0.2) is 4.52 Å². The predicted molar refractivity (Wildman–Crippen MR) is 64.5 cm³/mol. The lowest BCUT2D eigenvalue weighted by atomic mass is 9.68. The summed E-state index contributed by atoms with van der Waals surface area (Å²) in [5.41, 5.74) is -1.22. The highest BCUT2D eigenvalue weighted by Gasteiger charge is 2.58. The highest BCUT2D eigenvalue weighted by atomic mass is 19.4. The monoisotopic (exact) mass is 304 g/mol. The first-order chi connectivity index (χ1) is 9.93. The molecule has 3 rings (SSSR count). The Labute approximate surface area is 118 Å². The van der Waals surface area contributed by atoms with E-state index < -0.39 is 24.0 Å². The van der Waals surface area contributed by atoms with Gasteiger partial charge < -0.3 is 14.6 Å². The van der Waals surface area contributed by atoms with Gasteiger partial charge in [0.2, 0.25) is 0 Å². The SMILES string of the molecule is O=C(NCC1(C(F)(F)F)CCC1)c1noc2c1COCC2. The largest absolute Gasteiger partial charge is 0.396 e. The zero-order chi connectivity index (χ0) is 15.1. The fourth-order valence-electron chi connectivity index (χ4n) is 2.70. The number of nitrogens with one attached hydrogen (secondary N) is 1. The van der Waals surface area contributed by atoms with Crippen LogP contribution in [0.2, 0.25) is 0 Å². The number of hydrogen-bond donors (Lipinski definition) is 1. The van der Waals surface area contributed by atoms with Crippen molar-refractivity contribution in [3.05, 3.63) is 17.0 Å². The van der Waals surface area contributed by atoms with Gasteiger partial charge in [0, 0.05) is 13.0 Å². The van der Waals surface area contributed by atoms with Crippen molar-refractivity contribution < 1.29 is 27.2 Å². The maximum atomic E-state index is 13.0. The molecular weight excluding hydrogens is 289 g/mol. The van der Waals surface area contributed by atoms with E-state index in [0.717, 1.165) is 0 Å². The number of fused-ring (bicyclic) bond motifs is 1. The molecule has 1 aromatic heterocycles. The lowest BCUT2D eigenvalue weighted by Gasteiger charge is -2.43. The predicted octanol–water partition coefficient (Wildman–Crippen LogP) is 2.21. The molecule has 0 atom stereocenters. The van der Waals surface area contributed by atoms with Gasteiger partial charge >= 0.3 is 6.18 Å². The van der Waals surface area contributed by atoms with Crippen molar-refractivity contribution in [3.8, 4) is 0 Å². The van der Waals surface area contributed by atoms with Crippen molar-refractivity contribution in [1.82, 2.24) is 10.5 Å². The number of hydrogen-bond acceptors (Lipinski definition) is 4. The highest BCUT2D eigenvalue weighted by Crippen LogP contribution is 2.52. The van der Waals surface area contributed by atoms with Crippen molar-refractivity contribution >= 4 is 5.91 Å². The maximum Gasteiger partial charge on any atom is 0.396 e. The van der Waals surface area contributed by atoms with Crippen LogP contribution in [0, 0.1) is 5.41 Å². The minimum absolute atomic E-state index is 0.0290. The normalized spacial score (nSPS) is 20.5. The number of nitrogens with zero attached hydrogens (tertiary/aromatic N) is 1. The van der Waals surface area contributed by atoms with Crippen LogP contribution in [0.25, 0.3) is 0 Å². The Hall–Kier alpha value is -1.57. The molecule has 1 aliphatic heterocycles. The molecule has 0 radical (unpaired) electrons. The second-order valence-electron chi connectivity index (χ2n) is 5.55. The number of ether oxygens (including phenoxy) is 1. The summed E-state index contributed by atoms with van der Waals surface area (Å²) >= 11 is 0. The Balaban J connectivity index is 1.68. The lowest BCUT2D eigenvalue weighted by molar-refractivity contribution is -0.247. The van der Waals surface area contributed by atoms with Crippen molar-refractivity contribution in [2.75, 3.05) is 13.2 Å². The third kappa shape index (κ3) is 2.41. The summed E-state index contributed by atoms with van der Waals surface area (Å²) in [6.45, 7) is 0.268. The molecular formula is C13H15F3N2O3. The number of aromatic nitrogens is 1. The molecule has 1 N–H and O–H groups in total. The summed E-state index contributed by atoms with van der Waals surface area (Å²) < 4.78 is 49.3. The Morgan fingerprint density at radius 1 is 1.38 bits per heavy atom. The molecule has 1 aromatic rings. The van der Waals surface area contributed by atoms with Crippen LogP contribution in [-0.4, -0.2) is 30.4 Å². The van der Waals surface area contributed by atoms with Crippen LogP contribution in [0.1, 0.15) is 41.1 Å². The van der Waals surface area contributed by atoms with E-state index in [1.54, 1.807) is 0 Å². The van der Waals surface area contributed by atoms with E-state index in [-0.39, 0.29) is 25.1 Å². The van der Waals surface area contributed by atoms with Crippen molar-refractivity contribution in [3.63, 3.8) is 0 Å². The van der Waals surface area contributed by atoms with Gasteiger partial charge in [0.05, 0.1) is 24.2 Å². The van der Waals surface area contributed by atoms with E-state index in [1.807, 2.05) is 0 Å². The molecule has 1 aliphatic carbocycles. The third-order valence-electron chi connectivity index (χ3n) is 4.30. The van der Waals surface area contributed by atoms with Gasteiger partial charge in [0.1, 0.15) is 5.76 Å². The fourth-order valence-corrected chi connectivity index (χ4v) is 2.70. The second-order valence-corrected chi connectivity index (χ2v) is 5.55. The zero-order valence-electron chi connectivity index (χ0n) is 11.3. The molecule has 1 fully saturated rings. The van der Waals surface area contributed by atoms with E-state index in [2.05, 4.69) is 10.5 Å². The molecule has 0 bridgehead atoms. The molecule has 1 saturated carbocycles. The van der Waals surface area contributed by atoms with Gasteiger partial charge in [-0.15, -0.1) is 0 Å². The minimum Gasteiger partial charge on any atom is -0.376 e. The first-order valence-electron chi connectivity index (χ1n) is 6.83. The van der Waals surface area contributed by atoms with E-state index in [1.165, 1.54) is 0 Å². The molecule has 116 valence electrons. The quantitative estimate of drug-likeness (QED) is 0.930. The number of amides is 1. The Morgan fingerprint density at radius 2 is 2.14 bits per heavy atom. The number of rotatable bonds is 3. The highest BCUT2D eigenvalue weighted by molar-refractivity contribution is 5.93. The Bertz CT molecular complexity index is 549. The van der Waals surface area contributed by atoms with Gasteiger partial charge in [-0.1, -0.05) is 11.6 Å². The topological polar surface area (TPSA) is 64.4 Å². The standard InChI is InChI=1S/C13H15F3N2O3/c14-13(15,16)12(3-1-4-12)7-17-11(19)10-8-6-20-5-2-9(8)21-18-10/h1-7H2,(H,17,19). The van der Waals surface area contributed by atoms with Gasteiger partial charge in [0.25, 0.3) is 5.91 Å². The Morgan fingerprint density at radius 3 is 2.76 bits per heavy atom. The lowest BCUT2D eigenvalue weighted by Crippen LogP contribution is -2.51. The molecule has 0 saturated heterocycles. The zero-order valence-corrected chi connectivity index (χ0v) is 11.3. The van der Waals surface area contributed by atoms with Crippen LogP contribution in [0.3, 0.4) is 0 Å². The molecule has 5 nitrogen and oxygen atoms in total. The van der Waals surface area contributed by atoms with E-state index in [0.29, 0.717) is 30.8 Å². The molecule has 2 aliphatic rings. The van der Waals surface area contributed by atoms with Gasteiger partial charge in [0.15, 0.2) is 5.69 Å². The number of carbonyl (C=O) groups excluding carboxylic acids is 1. The number of alkyl halides is 3. The first-order valence-corrected chi connectivity index (χ1v) is 6.83. The number of carbonyl (C=O) groups is 1. The molecule has 21 heavy (non-hydrogen) atoms. The van der Waals surface area contributed by atoms with Crippen LogP contribution in [0.4, 0.5) is 13.2 Å². The van der Waals surface area contributed by atoms with Crippen LogP contribution in [-0.2, 0) is 17.8 Å². The van der Waals surface area contributed by atoms with Crippen LogP contribution in [0.5, 0.6) is 0 Å². The molecule has 2 heterocycles. The summed E-state index contributed by atoms with van der Waals surface area (Å²) in [6, 6.07) is 0. The molecule has 0 unspecified atom stereocenters. The minimum atomic E-state index is -4.30. The molecule has 0 aromatic carbocycles. The maximum absolute atomic E-state index is 13.0. The first kappa shape index (κ1) is 14.4. The van der Waals surface area contributed by atoms with Crippen molar-refractivity contribution in [1.29, 1.82) is 0 Å². The van der Waals surface area contributed by atoms with E-state index in [4.69, 9.17) is 9.26 Å². The fraction of sp³-hybridized carbons (Fsp3) is 0.692. The van der Waals surface area contributed by atoms with Crippen molar-refractivity contribution in [2.24, 2.45) is 5.41 Å². The molecule has 1 amide bonds. The third-order valence-corrected chi connectivity index (χ3v) is 4.30. The molecule has 0 spiro atoms. The van der Waals surface area contributed by atoms with Gasteiger partial charge in [-0.2, -0.15) is 13.2 Å². The molecule has 8 heteroatoms. The average Bonchev–Trinajstić information content (AvgIpc) is 2.79.